The van der Waals surface area contributed by atoms with Gasteiger partial charge in [-0.15, -0.1) is 0 Å². The molecule has 13 heteroatoms. The highest BCUT2D eigenvalue weighted by molar-refractivity contribution is 5.98. The molecule has 0 aromatic heterocycles. The summed E-state index contributed by atoms with van der Waals surface area (Å²) in [4.78, 5) is 77.9. The van der Waals surface area contributed by atoms with E-state index in [-0.39, 0.29) is 51.0 Å². The van der Waals surface area contributed by atoms with E-state index in [0.717, 1.165) is 38.5 Å². The van der Waals surface area contributed by atoms with E-state index in [4.69, 9.17) is 33.2 Å². The molecule has 5 aromatic rings. The van der Waals surface area contributed by atoms with E-state index in [1.165, 1.54) is 265 Å². The van der Waals surface area contributed by atoms with Gasteiger partial charge in [-0.25, -0.2) is 28.8 Å². The molecule has 0 radical (unpaired) electrons. The average Bonchev–Trinajstić information content (AvgIpc) is 3.72. The number of hydrogen-bond donors (Lipinski definition) is 0. The van der Waals surface area contributed by atoms with Gasteiger partial charge in [-0.2, -0.15) is 0 Å². The first-order valence-electron chi connectivity index (χ1n) is 32.4. The summed E-state index contributed by atoms with van der Waals surface area (Å²) in [7, 11) is 1.38. The Balaban J connectivity index is 0.944. The van der Waals surface area contributed by atoms with Crippen molar-refractivity contribution >= 4 is 35.8 Å². The second kappa shape index (κ2) is 42.5. The SMILES string of the molecule is CCCCCCCCCCCCCCCCCCOC(=O)c1ccc(OC(=O)c2ccc(OC(=O)c3cc(OC)cc(C(=O)Oc4ccc(C(=O)Oc5ccc(C(=O)OCCCCCCCCCCCCCCCCCC)cc5)cc4)c3)cc2)cc1. The lowest BCUT2D eigenvalue weighted by Crippen LogP contribution is -2.14. The summed E-state index contributed by atoms with van der Waals surface area (Å²) in [5.41, 5.74) is 1.06. The molecule has 0 unspecified atom stereocenters. The van der Waals surface area contributed by atoms with E-state index >= 15 is 0 Å². The van der Waals surface area contributed by atoms with Gasteiger partial charge >= 0.3 is 35.8 Å². The molecule has 0 aliphatic carbocycles. The third kappa shape index (κ3) is 28.3. The number of unbranched alkanes of at least 4 members (excludes halogenated alkanes) is 30. The molecule has 0 bridgehead atoms. The molecule has 0 N–H and O–H groups in total. The van der Waals surface area contributed by atoms with E-state index in [9.17, 15) is 28.8 Å². The van der Waals surface area contributed by atoms with Gasteiger partial charge < -0.3 is 33.2 Å². The van der Waals surface area contributed by atoms with Crippen LogP contribution in [0, 0.1) is 0 Å². The van der Waals surface area contributed by atoms with Crippen LogP contribution in [0.1, 0.15) is 281 Å². The van der Waals surface area contributed by atoms with Crippen LogP contribution in [0.15, 0.2) is 115 Å². The normalized spacial score (nSPS) is 11.0. The summed E-state index contributed by atoms with van der Waals surface area (Å²) in [6, 6.07) is 27.9. The van der Waals surface area contributed by atoms with E-state index in [2.05, 4.69) is 13.8 Å². The van der Waals surface area contributed by atoms with Gasteiger partial charge in [0.25, 0.3) is 0 Å². The van der Waals surface area contributed by atoms with E-state index in [1.807, 2.05) is 0 Å². The number of ether oxygens (including phenoxy) is 7. The number of benzene rings is 5. The van der Waals surface area contributed by atoms with E-state index in [0.29, 0.717) is 24.3 Å². The van der Waals surface area contributed by atoms with Crippen LogP contribution in [0.4, 0.5) is 0 Å². The Morgan fingerprint density at radius 3 is 0.686 bits per heavy atom. The van der Waals surface area contributed by atoms with Crippen LogP contribution in [-0.4, -0.2) is 56.1 Å². The monoisotopic (exact) mass is 1180 g/mol. The largest absolute Gasteiger partial charge is 0.497 e. The van der Waals surface area contributed by atoms with Crippen LogP contribution in [0.5, 0.6) is 28.7 Å². The Morgan fingerprint density at radius 2 is 0.453 bits per heavy atom. The minimum absolute atomic E-state index is 0.0130. The summed E-state index contributed by atoms with van der Waals surface area (Å²) in [6.45, 7) is 5.24. The van der Waals surface area contributed by atoms with Crippen molar-refractivity contribution in [2.45, 2.75) is 219 Å². The van der Waals surface area contributed by atoms with Crippen molar-refractivity contribution in [2.24, 2.45) is 0 Å². The maximum Gasteiger partial charge on any atom is 0.343 e. The third-order valence-corrected chi connectivity index (χ3v) is 15.3. The van der Waals surface area contributed by atoms with Crippen LogP contribution in [0.3, 0.4) is 0 Å². The second-order valence-corrected chi connectivity index (χ2v) is 22.5. The lowest BCUT2D eigenvalue weighted by molar-refractivity contribution is 0.0488. The third-order valence-electron chi connectivity index (χ3n) is 15.3. The molecule has 0 atom stereocenters. The molecule has 0 amide bonds. The van der Waals surface area contributed by atoms with Crippen LogP contribution < -0.4 is 23.7 Å². The second-order valence-electron chi connectivity index (χ2n) is 22.5. The predicted octanol–water partition coefficient (Wildman–Crippen LogP) is 19.4. The molecule has 0 fully saturated rings. The zero-order valence-electron chi connectivity index (χ0n) is 51.8. The van der Waals surface area contributed by atoms with E-state index < -0.39 is 35.8 Å². The molecule has 13 nitrogen and oxygen atoms in total. The summed E-state index contributed by atoms with van der Waals surface area (Å²) < 4.78 is 38.5. The van der Waals surface area contributed by atoms with Gasteiger partial charge in [0.2, 0.25) is 0 Å². The molecule has 0 aliphatic rings. The molecule has 0 aliphatic heterocycles. The molecular formula is C73H96O13. The number of methoxy groups -OCH3 is 1. The fourth-order valence-corrected chi connectivity index (χ4v) is 10.0. The van der Waals surface area contributed by atoms with Crippen LogP contribution >= 0.6 is 0 Å². The number of carbonyl (C=O) groups is 6. The average molecular weight is 1180 g/mol. The highest BCUT2D eigenvalue weighted by Gasteiger charge is 2.19. The summed E-state index contributed by atoms with van der Waals surface area (Å²) in [6.07, 6.45) is 40.8. The number of carbonyl (C=O) groups excluding carboxylic acids is 6. The highest BCUT2D eigenvalue weighted by atomic mass is 16.6. The first kappa shape index (κ1) is 69.5. The smallest absolute Gasteiger partial charge is 0.343 e. The van der Waals surface area contributed by atoms with Gasteiger partial charge in [0.05, 0.1) is 53.7 Å². The quantitative estimate of drug-likeness (QED) is 0.0205. The maximum absolute atomic E-state index is 13.3. The van der Waals surface area contributed by atoms with Crippen molar-refractivity contribution in [1.82, 2.24) is 0 Å². The van der Waals surface area contributed by atoms with Crippen LogP contribution in [0.2, 0.25) is 0 Å². The lowest BCUT2D eigenvalue weighted by atomic mass is 10.0. The van der Waals surface area contributed by atoms with Gasteiger partial charge in [-0.05, 0) is 128 Å². The zero-order valence-corrected chi connectivity index (χ0v) is 51.8. The number of esters is 6. The van der Waals surface area contributed by atoms with Crippen LogP contribution in [-0.2, 0) is 9.47 Å². The Bertz CT molecular complexity index is 2550. The summed E-state index contributed by atoms with van der Waals surface area (Å²) >= 11 is 0. The maximum atomic E-state index is 13.3. The van der Waals surface area contributed by atoms with Gasteiger partial charge in [-0.3, -0.25) is 0 Å². The fraction of sp³-hybridized carbons (Fsp3) is 0.507. The minimum atomic E-state index is -0.810. The predicted molar refractivity (Wildman–Crippen MR) is 338 cm³/mol. The molecule has 5 rings (SSSR count). The molecule has 5 aromatic carbocycles. The van der Waals surface area contributed by atoms with Crippen molar-refractivity contribution in [3.8, 4) is 28.7 Å². The highest BCUT2D eigenvalue weighted by Crippen LogP contribution is 2.25. The molecular weight excluding hydrogens is 1080 g/mol. The standard InChI is InChI=1S/C73H96O13/c1-4-6-8-10-12-14-16-18-20-22-24-26-28-30-32-34-52-81-68(74)57-36-44-63(45-37-57)83-70(76)59-40-48-65(49-41-59)85-72(78)61-54-62(56-67(55-61)80-3)73(79)86-66-50-42-60(43-51-66)71(77)84-64-46-38-58(39-47-64)69(75)82-53-35-33-31-29-27-25-23-21-19-17-15-13-11-9-7-5-2/h36-51,54-56H,4-35,52-53H2,1-3H3. The summed E-state index contributed by atoms with van der Waals surface area (Å²) in [5, 5.41) is 0. The fourth-order valence-electron chi connectivity index (χ4n) is 10.0. The molecule has 466 valence electrons. The minimum Gasteiger partial charge on any atom is -0.497 e. The number of rotatable bonds is 45. The lowest BCUT2D eigenvalue weighted by Gasteiger charge is -2.10. The first-order valence-corrected chi connectivity index (χ1v) is 32.4. The topological polar surface area (TPSA) is 167 Å². The van der Waals surface area contributed by atoms with Crippen molar-refractivity contribution in [3.05, 3.63) is 149 Å². The Hall–Kier alpha value is -7.28. The Labute approximate surface area is 512 Å². The Morgan fingerprint density at radius 1 is 0.244 bits per heavy atom. The first-order chi connectivity index (χ1) is 42.1. The molecule has 0 saturated heterocycles. The molecule has 0 heterocycles. The zero-order chi connectivity index (χ0) is 61.2. The summed E-state index contributed by atoms with van der Waals surface area (Å²) in [5.74, 6) is -2.91. The Kier molecular flexibility index (Phi) is 34.4. The number of hydrogen-bond acceptors (Lipinski definition) is 13. The molecule has 86 heavy (non-hydrogen) atoms. The van der Waals surface area contributed by atoms with E-state index in [1.54, 1.807) is 24.3 Å². The van der Waals surface area contributed by atoms with Crippen molar-refractivity contribution in [3.63, 3.8) is 0 Å². The van der Waals surface area contributed by atoms with Crippen molar-refractivity contribution < 1.29 is 61.9 Å². The van der Waals surface area contributed by atoms with Crippen molar-refractivity contribution in [1.29, 1.82) is 0 Å². The van der Waals surface area contributed by atoms with Crippen LogP contribution in [0.25, 0.3) is 0 Å². The van der Waals surface area contributed by atoms with Crippen molar-refractivity contribution in [2.75, 3.05) is 20.3 Å². The van der Waals surface area contributed by atoms with Gasteiger partial charge in [-0.1, -0.05) is 206 Å². The molecule has 0 spiro atoms. The van der Waals surface area contributed by atoms with Gasteiger partial charge in [0.1, 0.15) is 28.7 Å². The van der Waals surface area contributed by atoms with Gasteiger partial charge in [0.15, 0.2) is 0 Å². The molecule has 0 saturated carbocycles. The van der Waals surface area contributed by atoms with Gasteiger partial charge in [0, 0.05) is 0 Å².